The molecule has 3 aromatic rings. The number of pyridine rings is 1. The van der Waals surface area contributed by atoms with Crippen molar-refractivity contribution in [2.45, 2.75) is 31.7 Å². The van der Waals surface area contributed by atoms with Crippen molar-refractivity contribution in [3.05, 3.63) is 53.7 Å². The zero-order chi connectivity index (χ0) is 19.2. The predicted molar refractivity (Wildman–Crippen MR) is 102 cm³/mol. The lowest BCUT2D eigenvalue weighted by molar-refractivity contribution is -0.113. The van der Waals surface area contributed by atoms with Crippen LogP contribution < -0.4 is 5.32 Å². The fraction of sp³-hybridized carbons (Fsp3) is 0.263. The van der Waals surface area contributed by atoms with Crippen LogP contribution in [0.4, 0.5) is 10.1 Å². The molecular formula is C19H19FN4O2S. The fourth-order valence-electron chi connectivity index (χ4n) is 2.35. The number of hydrogen-bond donors (Lipinski definition) is 1. The molecule has 0 bridgehead atoms. The number of nitrogens with one attached hydrogen (secondary N) is 1. The smallest absolute Gasteiger partial charge is 0.259 e. The summed E-state index contributed by atoms with van der Waals surface area (Å²) < 4.78 is 18.5. The lowest BCUT2D eigenvalue weighted by Crippen LogP contribution is -2.14. The Balaban J connectivity index is 1.54. The van der Waals surface area contributed by atoms with Crippen molar-refractivity contribution in [2.75, 3.05) is 11.1 Å². The van der Waals surface area contributed by atoms with Crippen molar-refractivity contribution < 1.29 is 13.7 Å². The standard InChI is InChI=1S/C19H19FN4O2S/c1-3-4-16-23-19(26-24-16)13-5-8-18(21-10-13)27-11-17(25)22-14-6-7-15(20)12(2)9-14/h5-10H,3-4,11H2,1-2H3,(H,22,25). The van der Waals surface area contributed by atoms with Crippen LogP contribution in [0.3, 0.4) is 0 Å². The van der Waals surface area contributed by atoms with E-state index in [0.717, 1.165) is 18.4 Å². The topological polar surface area (TPSA) is 80.9 Å². The van der Waals surface area contributed by atoms with Gasteiger partial charge in [-0.1, -0.05) is 23.8 Å². The Morgan fingerprint density at radius 3 is 2.85 bits per heavy atom. The second-order valence-electron chi connectivity index (χ2n) is 5.95. The number of carbonyl (C=O) groups excluding carboxylic acids is 1. The van der Waals surface area contributed by atoms with Crippen molar-refractivity contribution in [3.8, 4) is 11.5 Å². The summed E-state index contributed by atoms with van der Waals surface area (Å²) in [6.45, 7) is 3.71. The molecule has 0 atom stereocenters. The number of halogens is 1. The van der Waals surface area contributed by atoms with Gasteiger partial charge in [0.05, 0.1) is 16.3 Å². The highest BCUT2D eigenvalue weighted by Gasteiger charge is 2.10. The Kier molecular flexibility index (Phi) is 6.18. The van der Waals surface area contributed by atoms with Crippen LogP contribution in [0, 0.1) is 12.7 Å². The Labute approximate surface area is 160 Å². The molecule has 1 aromatic carbocycles. The number of aryl methyl sites for hydroxylation is 2. The first kappa shape index (κ1) is 19.0. The number of hydrogen-bond acceptors (Lipinski definition) is 6. The maximum atomic E-state index is 13.3. The molecule has 2 heterocycles. The van der Waals surface area contributed by atoms with Crippen LogP contribution in [0.2, 0.25) is 0 Å². The van der Waals surface area contributed by atoms with Crippen LogP contribution in [0.25, 0.3) is 11.5 Å². The third kappa shape index (κ3) is 5.13. The molecule has 2 aromatic heterocycles. The number of rotatable bonds is 7. The molecule has 27 heavy (non-hydrogen) atoms. The Bertz CT molecular complexity index is 928. The molecule has 6 nitrogen and oxygen atoms in total. The number of amides is 1. The highest BCUT2D eigenvalue weighted by Crippen LogP contribution is 2.21. The van der Waals surface area contributed by atoms with Gasteiger partial charge in [-0.05, 0) is 49.2 Å². The summed E-state index contributed by atoms with van der Waals surface area (Å²) in [6, 6.07) is 8.11. The van der Waals surface area contributed by atoms with Gasteiger partial charge in [-0.15, -0.1) is 0 Å². The molecule has 0 fully saturated rings. The monoisotopic (exact) mass is 386 g/mol. The molecule has 140 valence electrons. The minimum absolute atomic E-state index is 0.182. The summed E-state index contributed by atoms with van der Waals surface area (Å²) in [5, 5.41) is 7.37. The van der Waals surface area contributed by atoms with E-state index in [-0.39, 0.29) is 17.5 Å². The highest BCUT2D eigenvalue weighted by molar-refractivity contribution is 7.99. The van der Waals surface area contributed by atoms with Gasteiger partial charge >= 0.3 is 0 Å². The molecule has 0 aliphatic rings. The van der Waals surface area contributed by atoms with Crippen LogP contribution >= 0.6 is 11.8 Å². The quantitative estimate of drug-likeness (QED) is 0.611. The number of aromatic nitrogens is 3. The molecule has 1 N–H and O–H groups in total. The van der Waals surface area contributed by atoms with Crippen molar-refractivity contribution >= 4 is 23.4 Å². The van der Waals surface area contributed by atoms with Gasteiger partial charge in [0.2, 0.25) is 5.91 Å². The van der Waals surface area contributed by atoms with E-state index in [4.69, 9.17) is 4.52 Å². The maximum absolute atomic E-state index is 13.3. The predicted octanol–water partition coefficient (Wildman–Crippen LogP) is 4.26. The highest BCUT2D eigenvalue weighted by atomic mass is 32.2. The summed E-state index contributed by atoms with van der Waals surface area (Å²) in [6.07, 6.45) is 3.37. The number of thioether (sulfide) groups is 1. The van der Waals surface area contributed by atoms with Crippen LogP contribution in [0.5, 0.6) is 0 Å². The second-order valence-corrected chi connectivity index (χ2v) is 6.95. The first-order chi connectivity index (χ1) is 13.0. The molecule has 0 aliphatic heterocycles. The van der Waals surface area contributed by atoms with Gasteiger partial charge in [0.15, 0.2) is 5.82 Å². The largest absolute Gasteiger partial charge is 0.334 e. The third-order valence-electron chi connectivity index (χ3n) is 3.72. The molecule has 0 spiro atoms. The van der Waals surface area contributed by atoms with Gasteiger partial charge in [-0.3, -0.25) is 4.79 Å². The Morgan fingerprint density at radius 2 is 2.15 bits per heavy atom. The van der Waals surface area contributed by atoms with Crippen molar-refractivity contribution in [1.29, 1.82) is 0 Å². The van der Waals surface area contributed by atoms with Crippen LogP contribution in [-0.4, -0.2) is 26.8 Å². The lowest BCUT2D eigenvalue weighted by atomic mass is 10.2. The Morgan fingerprint density at radius 1 is 1.30 bits per heavy atom. The fourth-order valence-corrected chi connectivity index (χ4v) is 2.99. The van der Waals surface area contributed by atoms with Crippen LogP contribution in [0.1, 0.15) is 24.7 Å². The number of carbonyl (C=O) groups is 1. The SMILES string of the molecule is CCCc1noc(-c2ccc(SCC(=O)Nc3ccc(F)c(C)c3)nc2)n1. The van der Waals surface area contributed by atoms with E-state index in [0.29, 0.717) is 28.0 Å². The first-order valence-corrected chi connectivity index (χ1v) is 9.51. The molecule has 0 saturated heterocycles. The van der Waals surface area contributed by atoms with Gasteiger partial charge in [-0.2, -0.15) is 4.98 Å². The lowest BCUT2D eigenvalue weighted by Gasteiger charge is -2.06. The van der Waals surface area contributed by atoms with E-state index in [1.807, 2.05) is 6.07 Å². The zero-order valence-electron chi connectivity index (χ0n) is 15.0. The normalized spacial score (nSPS) is 10.8. The summed E-state index contributed by atoms with van der Waals surface area (Å²) >= 11 is 1.31. The van der Waals surface area contributed by atoms with Gasteiger partial charge in [0, 0.05) is 18.3 Å². The van der Waals surface area contributed by atoms with Gasteiger partial charge in [0.1, 0.15) is 5.82 Å². The number of benzene rings is 1. The van der Waals surface area contributed by atoms with E-state index >= 15 is 0 Å². The average molecular weight is 386 g/mol. The van der Waals surface area contributed by atoms with E-state index in [1.54, 1.807) is 25.3 Å². The summed E-state index contributed by atoms with van der Waals surface area (Å²) in [7, 11) is 0. The Hall–Kier alpha value is -2.74. The second kappa shape index (κ2) is 8.77. The molecule has 3 rings (SSSR count). The summed E-state index contributed by atoms with van der Waals surface area (Å²) in [4.78, 5) is 20.7. The number of nitrogens with zero attached hydrogens (tertiary/aromatic N) is 3. The van der Waals surface area contributed by atoms with E-state index in [9.17, 15) is 9.18 Å². The third-order valence-corrected chi connectivity index (χ3v) is 4.66. The zero-order valence-corrected chi connectivity index (χ0v) is 15.8. The average Bonchev–Trinajstić information content (AvgIpc) is 3.12. The van der Waals surface area contributed by atoms with E-state index in [1.165, 1.54) is 23.9 Å². The van der Waals surface area contributed by atoms with Crippen molar-refractivity contribution in [2.24, 2.45) is 0 Å². The van der Waals surface area contributed by atoms with Crippen LogP contribution in [-0.2, 0) is 11.2 Å². The molecule has 8 heteroatoms. The molecule has 0 aliphatic carbocycles. The van der Waals surface area contributed by atoms with Crippen molar-refractivity contribution in [3.63, 3.8) is 0 Å². The van der Waals surface area contributed by atoms with E-state index in [2.05, 4.69) is 27.4 Å². The summed E-state index contributed by atoms with van der Waals surface area (Å²) in [5.74, 6) is 0.836. The molecule has 0 radical (unpaired) electrons. The minimum atomic E-state index is -0.297. The van der Waals surface area contributed by atoms with Gasteiger partial charge < -0.3 is 9.84 Å². The molecule has 0 unspecified atom stereocenters. The molecular weight excluding hydrogens is 367 g/mol. The minimum Gasteiger partial charge on any atom is -0.334 e. The first-order valence-electron chi connectivity index (χ1n) is 8.53. The van der Waals surface area contributed by atoms with Gasteiger partial charge in [0.25, 0.3) is 5.89 Å². The molecule has 0 saturated carbocycles. The van der Waals surface area contributed by atoms with Gasteiger partial charge in [-0.25, -0.2) is 9.37 Å². The van der Waals surface area contributed by atoms with E-state index < -0.39 is 0 Å². The van der Waals surface area contributed by atoms with Crippen LogP contribution in [0.15, 0.2) is 46.1 Å². The van der Waals surface area contributed by atoms with Crippen molar-refractivity contribution in [1.82, 2.24) is 15.1 Å². The maximum Gasteiger partial charge on any atom is 0.259 e. The number of anilines is 1. The summed E-state index contributed by atoms with van der Waals surface area (Å²) in [5.41, 5.74) is 1.79. The molecule has 1 amide bonds.